The Bertz CT molecular complexity index is 745. The lowest BCUT2D eigenvalue weighted by Gasteiger charge is -2.27. The van der Waals surface area contributed by atoms with Crippen molar-refractivity contribution in [2.75, 3.05) is 11.6 Å². The molecule has 1 aromatic carbocycles. The highest BCUT2D eigenvalue weighted by molar-refractivity contribution is 6.30. The molecule has 5 nitrogen and oxygen atoms in total. The molecule has 0 aromatic heterocycles. The van der Waals surface area contributed by atoms with Gasteiger partial charge in [-0.1, -0.05) is 29.8 Å². The van der Waals surface area contributed by atoms with Gasteiger partial charge < -0.3 is 0 Å². The number of fused-ring (bicyclic) bond motifs is 5. The van der Waals surface area contributed by atoms with Gasteiger partial charge in [-0.25, -0.2) is 0 Å². The summed E-state index contributed by atoms with van der Waals surface area (Å²) in [5.41, 5.74) is 0.578. The van der Waals surface area contributed by atoms with Crippen LogP contribution in [0.25, 0.3) is 0 Å². The maximum Gasteiger partial charge on any atom is 0.235 e. The number of allylic oxidation sites excluding steroid dienone is 2. The molecule has 1 saturated heterocycles. The summed E-state index contributed by atoms with van der Waals surface area (Å²) in [6, 6.07) is 6.84. The van der Waals surface area contributed by atoms with Crippen LogP contribution >= 0.6 is 11.6 Å². The van der Waals surface area contributed by atoms with E-state index in [-0.39, 0.29) is 48.1 Å². The normalized spacial score (nSPS) is 30.2. The second-order valence-electron chi connectivity index (χ2n) is 6.67. The highest BCUT2D eigenvalue weighted by atomic mass is 35.5. The van der Waals surface area contributed by atoms with E-state index in [1.165, 1.54) is 16.7 Å². The van der Waals surface area contributed by atoms with Crippen molar-refractivity contribution in [1.82, 2.24) is 4.90 Å². The van der Waals surface area contributed by atoms with E-state index in [0.29, 0.717) is 10.7 Å². The van der Waals surface area contributed by atoms with Gasteiger partial charge in [0.1, 0.15) is 6.67 Å². The number of nitrogens with zero attached hydrogens (tertiary/aromatic N) is 2. The number of anilines is 1. The zero-order valence-corrected chi connectivity index (χ0v) is 13.9. The molecule has 3 aliphatic rings. The first kappa shape index (κ1) is 15.4. The van der Waals surface area contributed by atoms with Crippen molar-refractivity contribution in [3.63, 3.8) is 0 Å². The summed E-state index contributed by atoms with van der Waals surface area (Å²) in [6.45, 7) is 1.36. The van der Waals surface area contributed by atoms with E-state index in [0.717, 1.165) is 6.42 Å². The largest absolute Gasteiger partial charge is 0.294 e. The minimum atomic E-state index is -0.249. The highest BCUT2D eigenvalue weighted by Crippen LogP contribution is 2.52. The van der Waals surface area contributed by atoms with Crippen LogP contribution in [0.4, 0.5) is 5.69 Å². The van der Waals surface area contributed by atoms with Crippen molar-refractivity contribution in [3.8, 4) is 0 Å². The van der Waals surface area contributed by atoms with Crippen molar-refractivity contribution in [3.05, 3.63) is 41.4 Å². The van der Waals surface area contributed by atoms with E-state index in [1.54, 1.807) is 24.3 Å². The fourth-order valence-corrected chi connectivity index (χ4v) is 4.44. The molecule has 4 rings (SSSR count). The number of carbonyl (C=O) groups is 3. The topological polar surface area (TPSA) is 57.7 Å². The molecule has 2 fully saturated rings. The predicted molar refractivity (Wildman–Crippen MR) is 89.0 cm³/mol. The van der Waals surface area contributed by atoms with Crippen molar-refractivity contribution < 1.29 is 14.4 Å². The molecule has 1 aliphatic heterocycles. The molecule has 1 saturated carbocycles. The summed E-state index contributed by atoms with van der Waals surface area (Å²) in [7, 11) is 0. The van der Waals surface area contributed by atoms with Gasteiger partial charge in [0.2, 0.25) is 17.7 Å². The third-order valence-electron chi connectivity index (χ3n) is 5.34. The molecule has 1 aromatic rings. The Hall–Kier alpha value is -2.14. The molecule has 0 N–H and O–H groups in total. The van der Waals surface area contributed by atoms with Crippen LogP contribution in [0.15, 0.2) is 36.4 Å². The van der Waals surface area contributed by atoms with Crippen LogP contribution in [0.2, 0.25) is 5.02 Å². The van der Waals surface area contributed by atoms with Gasteiger partial charge in [0.05, 0.1) is 11.8 Å². The van der Waals surface area contributed by atoms with Gasteiger partial charge in [-0.2, -0.15) is 0 Å². The van der Waals surface area contributed by atoms with Gasteiger partial charge in [-0.05, 0) is 36.5 Å². The molecule has 3 amide bonds. The Morgan fingerprint density at radius 2 is 1.83 bits per heavy atom. The number of amides is 3. The number of hydrogen-bond donors (Lipinski definition) is 0. The lowest BCUT2D eigenvalue weighted by Crippen LogP contribution is -2.44. The highest BCUT2D eigenvalue weighted by Gasteiger charge is 2.59. The van der Waals surface area contributed by atoms with Crippen LogP contribution in [0.1, 0.15) is 13.3 Å². The van der Waals surface area contributed by atoms with Gasteiger partial charge in [0.15, 0.2) is 0 Å². The molecule has 124 valence electrons. The third kappa shape index (κ3) is 2.18. The fraction of sp³-hybridized carbons (Fsp3) is 0.389. The summed E-state index contributed by atoms with van der Waals surface area (Å²) in [4.78, 5) is 40.2. The first-order chi connectivity index (χ1) is 11.5. The van der Waals surface area contributed by atoms with Gasteiger partial charge in [0, 0.05) is 17.6 Å². The maximum atomic E-state index is 12.8. The average Bonchev–Trinajstić information content (AvgIpc) is 3.20. The monoisotopic (exact) mass is 344 g/mol. The Morgan fingerprint density at radius 3 is 2.38 bits per heavy atom. The smallest absolute Gasteiger partial charge is 0.235 e. The van der Waals surface area contributed by atoms with E-state index in [1.807, 2.05) is 0 Å². The zero-order chi connectivity index (χ0) is 17.0. The van der Waals surface area contributed by atoms with Gasteiger partial charge >= 0.3 is 0 Å². The van der Waals surface area contributed by atoms with Crippen LogP contribution in [0, 0.1) is 23.7 Å². The van der Waals surface area contributed by atoms with Crippen molar-refractivity contribution in [1.29, 1.82) is 0 Å². The molecule has 2 aliphatic carbocycles. The van der Waals surface area contributed by atoms with Gasteiger partial charge in [0.25, 0.3) is 0 Å². The van der Waals surface area contributed by atoms with E-state index < -0.39 is 0 Å². The Kier molecular flexibility index (Phi) is 3.49. The summed E-state index contributed by atoms with van der Waals surface area (Å²) in [5, 5.41) is 0.497. The molecule has 4 atom stereocenters. The average molecular weight is 345 g/mol. The molecule has 0 unspecified atom stereocenters. The SMILES string of the molecule is CC(=O)N(CN1C(=O)[C@@H]2[C@H](C1=O)[C@H]1C=C[C@H]2C1)c1cccc(Cl)c1. The summed E-state index contributed by atoms with van der Waals surface area (Å²) < 4.78 is 0. The molecule has 0 spiro atoms. The van der Waals surface area contributed by atoms with Crippen molar-refractivity contribution in [2.45, 2.75) is 13.3 Å². The molecular formula is C18H17ClN2O3. The summed E-state index contributed by atoms with van der Waals surface area (Å²) in [6.07, 6.45) is 5.01. The Labute approximate surface area is 144 Å². The zero-order valence-electron chi connectivity index (χ0n) is 13.2. The van der Waals surface area contributed by atoms with Crippen molar-refractivity contribution >= 4 is 35.0 Å². The number of rotatable bonds is 3. The van der Waals surface area contributed by atoms with Crippen LogP contribution in [0.3, 0.4) is 0 Å². The van der Waals surface area contributed by atoms with Crippen LogP contribution in [-0.4, -0.2) is 29.3 Å². The quantitative estimate of drug-likeness (QED) is 0.625. The number of carbonyl (C=O) groups excluding carboxylic acids is 3. The van der Waals surface area contributed by atoms with E-state index >= 15 is 0 Å². The molecule has 1 heterocycles. The molecule has 24 heavy (non-hydrogen) atoms. The van der Waals surface area contributed by atoms with E-state index in [4.69, 9.17) is 11.6 Å². The molecule has 6 heteroatoms. The van der Waals surface area contributed by atoms with Crippen LogP contribution < -0.4 is 4.90 Å². The minimum absolute atomic E-state index is 0.0558. The number of hydrogen-bond acceptors (Lipinski definition) is 3. The summed E-state index contributed by atoms with van der Waals surface area (Å²) in [5.74, 6) is -0.723. The second-order valence-corrected chi connectivity index (χ2v) is 7.11. The van der Waals surface area contributed by atoms with Crippen LogP contribution in [0.5, 0.6) is 0 Å². The number of benzene rings is 1. The molecular weight excluding hydrogens is 328 g/mol. The minimum Gasteiger partial charge on any atom is -0.294 e. The lowest BCUT2D eigenvalue weighted by atomic mass is 9.85. The first-order valence-electron chi connectivity index (χ1n) is 8.04. The van der Waals surface area contributed by atoms with Gasteiger partial charge in [-0.3, -0.25) is 24.2 Å². The lowest BCUT2D eigenvalue weighted by molar-refractivity contribution is -0.140. The number of likely N-dealkylation sites (tertiary alicyclic amines) is 1. The Balaban J connectivity index is 1.61. The fourth-order valence-electron chi connectivity index (χ4n) is 4.25. The second kappa shape index (κ2) is 5.45. The van der Waals surface area contributed by atoms with E-state index in [2.05, 4.69) is 12.2 Å². The van der Waals surface area contributed by atoms with E-state index in [9.17, 15) is 14.4 Å². The maximum absolute atomic E-state index is 12.8. The van der Waals surface area contributed by atoms with Gasteiger partial charge in [-0.15, -0.1) is 0 Å². The third-order valence-corrected chi connectivity index (χ3v) is 5.58. The molecule has 2 bridgehead atoms. The first-order valence-corrected chi connectivity index (χ1v) is 8.42. The molecule has 0 radical (unpaired) electrons. The van der Waals surface area contributed by atoms with Crippen LogP contribution in [-0.2, 0) is 14.4 Å². The van der Waals surface area contributed by atoms with Crippen molar-refractivity contribution in [2.24, 2.45) is 23.7 Å². The Morgan fingerprint density at radius 1 is 1.21 bits per heavy atom. The predicted octanol–water partition coefficient (Wildman–Crippen LogP) is 2.46. The number of halogens is 1. The summed E-state index contributed by atoms with van der Waals surface area (Å²) >= 11 is 6.00. The standard InChI is InChI=1S/C18H17ClN2O3/c1-10(22)20(14-4-2-3-13(19)8-14)9-21-17(23)15-11-5-6-12(7-11)16(15)18(21)24/h2-6,8,11-12,15-16H,7,9H2,1H3/t11-,12-,15-,16+/m0/s1. The number of imide groups is 1.